The standard InChI is InChI=1S/C15H14N2O4S/c1-21-12-8-6-11(7-9-12)16-10-17-15(18)13-4-2-3-5-14(13)22(17,19)20/h2-9,16H,10H2,1H3. The maximum absolute atomic E-state index is 12.4. The number of nitrogens with zero attached hydrogens (tertiary/aromatic N) is 1. The molecular formula is C15H14N2O4S. The molecule has 1 aliphatic rings. The van der Waals surface area contributed by atoms with Gasteiger partial charge in [0.2, 0.25) is 0 Å². The third-order valence-corrected chi connectivity index (χ3v) is 5.22. The van der Waals surface area contributed by atoms with E-state index >= 15 is 0 Å². The van der Waals surface area contributed by atoms with Crippen LogP contribution in [0.15, 0.2) is 53.4 Å². The van der Waals surface area contributed by atoms with Gasteiger partial charge in [0.05, 0.1) is 12.7 Å². The first-order valence-electron chi connectivity index (χ1n) is 6.58. The van der Waals surface area contributed by atoms with Gasteiger partial charge in [-0.15, -0.1) is 0 Å². The van der Waals surface area contributed by atoms with Crippen molar-refractivity contribution in [2.45, 2.75) is 4.90 Å². The third-order valence-electron chi connectivity index (χ3n) is 3.43. The second kappa shape index (κ2) is 5.34. The van der Waals surface area contributed by atoms with Crippen molar-refractivity contribution < 1.29 is 17.9 Å². The largest absolute Gasteiger partial charge is 0.497 e. The van der Waals surface area contributed by atoms with Crippen molar-refractivity contribution >= 4 is 21.6 Å². The summed E-state index contributed by atoms with van der Waals surface area (Å²) < 4.78 is 30.6. The Morgan fingerprint density at radius 2 is 1.77 bits per heavy atom. The highest BCUT2D eigenvalue weighted by Gasteiger charge is 2.40. The second-order valence-electron chi connectivity index (χ2n) is 4.72. The lowest BCUT2D eigenvalue weighted by Crippen LogP contribution is -2.34. The Hall–Kier alpha value is -2.54. The zero-order chi connectivity index (χ0) is 15.7. The van der Waals surface area contributed by atoms with E-state index in [0.29, 0.717) is 11.4 Å². The molecule has 7 heteroatoms. The summed E-state index contributed by atoms with van der Waals surface area (Å²) in [4.78, 5) is 12.3. The van der Waals surface area contributed by atoms with E-state index in [9.17, 15) is 13.2 Å². The van der Waals surface area contributed by atoms with Crippen molar-refractivity contribution in [3.05, 3.63) is 54.1 Å². The first-order valence-corrected chi connectivity index (χ1v) is 8.02. The Kier molecular flexibility index (Phi) is 3.50. The molecule has 0 unspecified atom stereocenters. The summed E-state index contributed by atoms with van der Waals surface area (Å²) in [6.07, 6.45) is 0. The summed E-state index contributed by atoms with van der Waals surface area (Å²) in [5, 5.41) is 2.93. The van der Waals surface area contributed by atoms with Crippen molar-refractivity contribution in [3.63, 3.8) is 0 Å². The lowest BCUT2D eigenvalue weighted by atomic mass is 10.2. The molecule has 1 N–H and O–H groups in total. The Morgan fingerprint density at radius 3 is 2.41 bits per heavy atom. The number of amides is 1. The molecule has 3 rings (SSSR count). The zero-order valence-electron chi connectivity index (χ0n) is 11.8. The third kappa shape index (κ3) is 2.29. The van der Waals surface area contributed by atoms with Crippen LogP contribution in [-0.4, -0.2) is 32.4 Å². The molecule has 0 saturated heterocycles. The van der Waals surface area contributed by atoms with Gasteiger partial charge in [-0.3, -0.25) is 4.79 Å². The van der Waals surface area contributed by atoms with Crippen LogP contribution >= 0.6 is 0 Å². The molecule has 22 heavy (non-hydrogen) atoms. The zero-order valence-corrected chi connectivity index (χ0v) is 12.6. The van der Waals surface area contributed by atoms with Gasteiger partial charge in [0.25, 0.3) is 15.9 Å². The highest BCUT2D eigenvalue weighted by Crippen LogP contribution is 2.29. The van der Waals surface area contributed by atoms with E-state index in [2.05, 4.69) is 5.32 Å². The Bertz CT molecular complexity index is 816. The van der Waals surface area contributed by atoms with Gasteiger partial charge in [-0.2, -0.15) is 0 Å². The number of benzene rings is 2. The second-order valence-corrected chi connectivity index (χ2v) is 6.55. The highest BCUT2D eigenvalue weighted by molar-refractivity contribution is 7.90. The molecule has 0 saturated carbocycles. The quantitative estimate of drug-likeness (QED) is 0.932. The molecule has 2 aromatic carbocycles. The number of rotatable bonds is 4. The average molecular weight is 318 g/mol. The summed E-state index contributed by atoms with van der Waals surface area (Å²) in [6.45, 7) is -0.123. The molecule has 0 atom stereocenters. The van der Waals surface area contributed by atoms with E-state index < -0.39 is 15.9 Å². The normalized spacial score (nSPS) is 15.5. The molecule has 0 spiro atoms. The van der Waals surface area contributed by atoms with Crippen molar-refractivity contribution in [2.24, 2.45) is 0 Å². The minimum atomic E-state index is -3.78. The van der Waals surface area contributed by atoms with Gasteiger partial charge in [0.15, 0.2) is 0 Å². The number of methoxy groups -OCH3 is 1. The molecule has 0 aliphatic carbocycles. The predicted molar refractivity (Wildman–Crippen MR) is 81.3 cm³/mol. The van der Waals surface area contributed by atoms with Crippen molar-refractivity contribution in [3.8, 4) is 5.75 Å². The van der Waals surface area contributed by atoms with Crippen LogP contribution in [0.3, 0.4) is 0 Å². The van der Waals surface area contributed by atoms with Crippen LogP contribution in [0.25, 0.3) is 0 Å². The topological polar surface area (TPSA) is 75.7 Å². The number of nitrogens with one attached hydrogen (secondary N) is 1. The number of carbonyl (C=O) groups is 1. The van der Waals surface area contributed by atoms with E-state index in [0.717, 1.165) is 4.31 Å². The highest BCUT2D eigenvalue weighted by atomic mass is 32.2. The number of sulfonamides is 1. The molecule has 0 fully saturated rings. The smallest absolute Gasteiger partial charge is 0.270 e. The van der Waals surface area contributed by atoms with Gasteiger partial charge >= 0.3 is 0 Å². The number of anilines is 1. The van der Waals surface area contributed by atoms with Crippen LogP contribution in [0.2, 0.25) is 0 Å². The van der Waals surface area contributed by atoms with Crippen LogP contribution in [0.4, 0.5) is 5.69 Å². The molecule has 1 heterocycles. The van der Waals surface area contributed by atoms with E-state index in [1.807, 2.05) is 0 Å². The minimum Gasteiger partial charge on any atom is -0.497 e. The van der Waals surface area contributed by atoms with Crippen molar-refractivity contribution in [1.29, 1.82) is 0 Å². The van der Waals surface area contributed by atoms with E-state index in [4.69, 9.17) is 4.74 Å². The summed E-state index contributed by atoms with van der Waals surface area (Å²) in [5.74, 6) is 0.180. The summed E-state index contributed by atoms with van der Waals surface area (Å²) in [5.41, 5.74) is 0.902. The maximum atomic E-state index is 12.4. The number of carbonyl (C=O) groups excluding carboxylic acids is 1. The van der Waals surface area contributed by atoms with Gasteiger partial charge in [0.1, 0.15) is 17.3 Å². The van der Waals surface area contributed by atoms with Crippen molar-refractivity contribution in [1.82, 2.24) is 4.31 Å². The number of ether oxygens (including phenoxy) is 1. The molecular weight excluding hydrogens is 304 g/mol. The van der Waals surface area contributed by atoms with Crippen LogP contribution in [0.5, 0.6) is 5.75 Å². The molecule has 1 amide bonds. The van der Waals surface area contributed by atoms with Crippen molar-refractivity contribution in [2.75, 3.05) is 19.1 Å². The molecule has 1 aliphatic heterocycles. The monoisotopic (exact) mass is 318 g/mol. The first-order chi connectivity index (χ1) is 10.5. The van der Waals surface area contributed by atoms with Gasteiger partial charge < -0.3 is 10.1 Å². The Morgan fingerprint density at radius 1 is 1.09 bits per heavy atom. The molecule has 0 aromatic heterocycles. The number of hydrogen-bond donors (Lipinski definition) is 1. The SMILES string of the molecule is COc1ccc(NCN2C(=O)c3ccccc3S2(=O)=O)cc1. The van der Waals surface area contributed by atoms with Gasteiger partial charge in [0, 0.05) is 5.69 Å². The molecule has 0 bridgehead atoms. The summed E-state index contributed by atoms with van der Waals surface area (Å²) in [7, 11) is -2.22. The molecule has 0 radical (unpaired) electrons. The van der Waals surface area contributed by atoms with Gasteiger partial charge in [-0.1, -0.05) is 12.1 Å². The van der Waals surface area contributed by atoms with E-state index in [1.54, 1.807) is 43.5 Å². The number of hydrogen-bond acceptors (Lipinski definition) is 5. The van der Waals surface area contributed by atoms with Crippen LogP contribution in [0.1, 0.15) is 10.4 Å². The van der Waals surface area contributed by atoms with Gasteiger partial charge in [-0.05, 0) is 36.4 Å². The maximum Gasteiger partial charge on any atom is 0.270 e. The molecule has 114 valence electrons. The Labute approximate surface area is 128 Å². The lowest BCUT2D eigenvalue weighted by molar-refractivity contribution is 0.0877. The predicted octanol–water partition coefficient (Wildman–Crippen LogP) is 1.91. The fraction of sp³-hybridized carbons (Fsp3) is 0.133. The minimum absolute atomic E-state index is 0.0523. The Balaban J connectivity index is 1.80. The first kappa shape index (κ1) is 14.4. The average Bonchev–Trinajstić information content (AvgIpc) is 2.73. The number of fused-ring (bicyclic) bond motifs is 1. The fourth-order valence-corrected chi connectivity index (χ4v) is 3.73. The van der Waals surface area contributed by atoms with Crippen LogP contribution < -0.4 is 10.1 Å². The van der Waals surface area contributed by atoms with E-state index in [1.165, 1.54) is 12.1 Å². The lowest BCUT2D eigenvalue weighted by Gasteiger charge is -2.16. The van der Waals surface area contributed by atoms with Crippen LogP contribution in [0, 0.1) is 0 Å². The summed E-state index contributed by atoms with van der Waals surface area (Å²) >= 11 is 0. The van der Waals surface area contributed by atoms with Gasteiger partial charge in [-0.25, -0.2) is 12.7 Å². The fourth-order valence-electron chi connectivity index (χ4n) is 2.26. The van der Waals surface area contributed by atoms with Crippen LogP contribution in [-0.2, 0) is 10.0 Å². The molecule has 2 aromatic rings. The summed E-state index contributed by atoms with van der Waals surface area (Å²) in [6, 6.07) is 13.2. The molecule has 6 nitrogen and oxygen atoms in total. The van der Waals surface area contributed by atoms with E-state index in [-0.39, 0.29) is 17.1 Å².